The van der Waals surface area contributed by atoms with E-state index >= 15 is 0 Å². The molecule has 0 aromatic heterocycles. The maximum Gasteiger partial charge on any atom is 0.0926 e. The summed E-state index contributed by atoms with van der Waals surface area (Å²) in [7, 11) is 0. The molecule has 0 amide bonds. The fraction of sp³-hybridized carbons (Fsp3) is 0.889. The van der Waals surface area contributed by atoms with Gasteiger partial charge in [0.05, 0.1) is 18.3 Å². The molecule has 2 saturated heterocycles. The number of hydrogen-bond donors (Lipinski definition) is 3. The van der Waals surface area contributed by atoms with E-state index in [0.29, 0.717) is 13.0 Å². The lowest BCUT2D eigenvalue weighted by atomic mass is 9.88. The Morgan fingerprint density at radius 2 is 1.85 bits per heavy atom. The van der Waals surface area contributed by atoms with Gasteiger partial charge < -0.3 is 15.3 Å². The summed E-state index contributed by atoms with van der Waals surface area (Å²) in [5.41, 5.74) is 0. The molecular formula is C9H16NO3. The number of fused-ring (bicyclic) bond motifs is 1. The zero-order chi connectivity index (χ0) is 9.42. The standard InChI is InChI=1S/C9H16NO3/c11-7-2-1-3-10-5-9(13)8(12)4-6(7)10/h3,6-9,11-13H,1-2,4-5H2. The van der Waals surface area contributed by atoms with Gasteiger partial charge in [-0.3, -0.25) is 4.90 Å². The van der Waals surface area contributed by atoms with Crippen LogP contribution in [0.4, 0.5) is 0 Å². The van der Waals surface area contributed by atoms with E-state index in [0.717, 1.165) is 12.8 Å². The van der Waals surface area contributed by atoms with Crippen molar-refractivity contribution >= 4 is 0 Å². The molecule has 4 nitrogen and oxygen atoms in total. The SMILES string of the molecule is OC1CC2C(O)CC[CH]N2CC1O. The molecule has 0 aromatic rings. The minimum Gasteiger partial charge on any atom is -0.391 e. The van der Waals surface area contributed by atoms with Gasteiger partial charge in [-0.25, -0.2) is 0 Å². The van der Waals surface area contributed by atoms with Crippen molar-refractivity contribution in [1.82, 2.24) is 4.90 Å². The quantitative estimate of drug-likeness (QED) is 0.459. The summed E-state index contributed by atoms with van der Waals surface area (Å²) in [6, 6.07) is 0.00662. The number of aliphatic hydroxyl groups is 3. The van der Waals surface area contributed by atoms with E-state index in [-0.39, 0.29) is 12.1 Å². The number of nitrogens with zero attached hydrogens (tertiary/aromatic N) is 1. The van der Waals surface area contributed by atoms with Crippen molar-refractivity contribution in [3.05, 3.63) is 6.54 Å². The first-order valence-electron chi connectivity index (χ1n) is 4.82. The molecule has 0 aliphatic carbocycles. The molecule has 0 bridgehead atoms. The van der Waals surface area contributed by atoms with Crippen molar-refractivity contribution < 1.29 is 15.3 Å². The normalized spacial score (nSPS) is 47.3. The molecule has 2 heterocycles. The van der Waals surface area contributed by atoms with Gasteiger partial charge in [0.25, 0.3) is 0 Å². The molecule has 0 aromatic carbocycles. The van der Waals surface area contributed by atoms with Crippen molar-refractivity contribution in [1.29, 1.82) is 0 Å². The van der Waals surface area contributed by atoms with Crippen molar-refractivity contribution in [2.24, 2.45) is 0 Å². The molecule has 4 atom stereocenters. The third kappa shape index (κ3) is 1.72. The average molecular weight is 186 g/mol. The van der Waals surface area contributed by atoms with E-state index in [4.69, 9.17) is 0 Å². The van der Waals surface area contributed by atoms with Gasteiger partial charge in [0.2, 0.25) is 0 Å². The molecule has 0 saturated carbocycles. The van der Waals surface area contributed by atoms with Crippen LogP contribution in [0.5, 0.6) is 0 Å². The number of aliphatic hydroxyl groups excluding tert-OH is 3. The largest absolute Gasteiger partial charge is 0.391 e. The summed E-state index contributed by atoms with van der Waals surface area (Å²) in [6.45, 7) is 2.47. The minimum absolute atomic E-state index is 0.00662. The Hall–Kier alpha value is -0.160. The highest BCUT2D eigenvalue weighted by Crippen LogP contribution is 2.28. The first-order valence-corrected chi connectivity index (χ1v) is 4.82. The molecule has 1 radical (unpaired) electrons. The van der Waals surface area contributed by atoms with Crippen LogP contribution in [0.3, 0.4) is 0 Å². The third-order valence-electron chi connectivity index (χ3n) is 3.02. The Kier molecular flexibility index (Phi) is 2.55. The molecule has 0 spiro atoms. The molecule has 4 unspecified atom stereocenters. The van der Waals surface area contributed by atoms with Crippen molar-refractivity contribution in [3.63, 3.8) is 0 Å². The fourth-order valence-corrected chi connectivity index (χ4v) is 2.20. The highest BCUT2D eigenvalue weighted by Gasteiger charge is 2.39. The molecular weight excluding hydrogens is 170 g/mol. The van der Waals surface area contributed by atoms with Crippen molar-refractivity contribution in [3.8, 4) is 0 Å². The lowest BCUT2D eigenvalue weighted by Gasteiger charge is -2.45. The topological polar surface area (TPSA) is 63.9 Å². The molecule has 2 aliphatic rings. The van der Waals surface area contributed by atoms with E-state index in [2.05, 4.69) is 0 Å². The second-order valence-corrected chi connectivity index (χ2v) is 3.96. The Labute approximate surface area is 77.8 Å². The Morgan fingerprint density at radius 1 is 1.08 bits per heavy atom. The summed E-state index contributed by atoms with van der Waals surface area (Å²) in [5.74, 6) is 0. The second-order valence-electron chi connectivity index (χ2n) is 3.96. The Morgan fingerprint density at radius 3 is 2.62 bits per heavy atom. The molecule has 3 N–H and O–H groups in total. The van der Waals surface area contributed by atoms with Gasteiger partial charge in [0, 0.05) is 19.1 Å². The van der Waals surface area contributed by atoms with Crippen LogP contribution >= 0.6 is 0 Å². The van der Waals surface area contributed by atoms with E-state index in [1.54, 1.807) is 0 Å². The molecule has 2 fully saturated rings. The van der Waals surface area contributed by atoms with Gasteiger partial charge in [-0.1, -0.05) is 0 Å². The van der Waals surface area contributed by atoms with Gasteiger partial charge in [0.15, 0.2) is 0 Å². The van der Waals surface area contributed by atoms with Gasteiger partial charge in [0.1, 0.15) is 0 Å². The molecule has 13 heavy (non-hydrogen) atoms. The van der Waals surface area contributed by atoms with E-state index in [1.807, 2.05) is 11.4 Å². The van der Waals surface area contributed by atoms with Gasteiger partial charge in [-0.15, -0.1) is 0 Å². The summed E-state index contributed by atoms with van der Waals surface area (Å²) in [6.07, 6.45) is 0.399. The highest BCUT2D eigenvalue weighted by atomic mass is 16.3. The summed E-state index contributed by atoms with van der Waals surface area (Å²) >= 11 is 0. The smallest absolute Gasteiger partial charge is 0.0926 e. The summed E-state index contributed by atoms with van der Waals surface area (Å²) < 4.78 is 0. The predicted molar refractivity (Wildman–Crippen MR) is 46.7 cm³/mol. The number of piperidine rings is 2. The molecule has 2 aliphatic heterocycles. The molecule has 75 valence electrons. The van der Waals surface area contributed by atoms with Crippen LogP contribution in [0, 0.1) is 6.54 Å². The summed E-state index contributed by atoms with van der Waals surface area (Å²) in [5, 5.41) is 28.5. The second kappa shape index (κ2) is 3.53. The van der Waals surface area contributed by atoms with Crippen molar-refractivity contribution in [2.45, 2.75) is 43.6 Å². The lowest BCUT2D eigenvalue weighted by molar-refractivity contribution is -0.0904. The maximum atomic E-state index is 9.65. The maximum absolute atomic E-state index is 9.65. The highest BCUT2D eigenvalue weighted by molar-refractivity contribution is 4.97. The van der Waals surface area contributed by atoms with Crippen LogP contribution in [0.1, 0.15) is 19.3 Å². The first kappa shape index (κ1) is 9.40. The minimum atomic E-state index is -0.678. The van der Waals surface area contributed by atoms with Crippen molar-refractivity contribution in [2.75, 3.05) is 6.54 Å². The predicted octanol–water partition coefficient (Wildman–Crippen LogP) is -0.901. The van der Waals surface area contributed by atoms with E-state index in [9.17, 15) is 15.3 Å². The van der Waals surface area contributed by atoms with Crippen LogP contribution in [-0.4, -0.2) is 51.1 Å². The summed E-state index contributed by atoms with van der Waals surface area (Å²) in [4.78, 5) is 1.96. The van der Waals surface area contributed by atoms with E-state index < -0.39 is 12.2 Å². The monoisotopic (exact) mass is 186 g/mol. The Bertz CT molecular complexity index is 188. The van der Waals surface area contributed by atoms with Crippen LogP contribution in [0.25, 0.3) is 0 Å². The molecule has 4 heteroatoms. The van der Waals surface area contributed by atoms with Gasteiger partial charge in [-0.05, 0) is 19.3 Å². The number of rotatable bonds is 0. The first-order chi connectivity index (χ1) is 6.18. The van der Waals surface area contributed by atoms with Crippen LogP contribution in [-0.2, 0) is 0 Å². The lowest BCUT2D eigenvalue weighted by Crippen LogP contribution is -2.57. The third-order valence-corrected chi connectivity index (χ3v) is 3.02. The van der Waals surface area contributed by atoms with Crippen LogP contribution < -0.4 is 0 Å². The zero-order valence-corrected chi connectivity index (χ0v) is 7.50. The van der Waals surface area contributed by atoms with Gasteiger partial charge in [-0.2, -0.15) is 0 Å². The Balaban J connectivity index is 2.04. The number of hydrogen-bond acceptors (Lipinski definition) is 4. The van der Waals surface area contributed by atoms with Gasteiger partial charge >= 0.3 is 0 Å². The average Bonchev–Trinajstić information content (AvgIpc) is 2.09. The van der Waals surface area contributed by atoms with Crippen LogP contribution in [0.2, 0.25) is 0 Å². The van der Waals surface area contributed by atoms with Crippen LogP contribution in [0.15, 0.2) is 0 Å². The zero-order valence-electron chi connectivity index (χ0n) is 7.50. The van der Waals surface area contributed by atoms with E-state index in [1.165, 1.54) is 0 Å². The molecule has 2 rings (SSSR count). The fourth-order valence-electron chi connectivity index (χ4n) is 2.20.